The molecule has 0 aliphatic rings. The van der Waals surface area contributed by atoms with Crippen LogP contribution in [0.15, 0.2) is 85.3 Å². The van der Waals surface area contributed by atoms with E-state index >= 15 is 0 Å². The van der Waals surface area contributed by atoms with Crippen molar-refractivity contribution in [2.45, 2.75) is 70.9 Å². The molecule has 4 aromatic rings. The molecule has 3 atom stereocenters. The molecule has 0 radical (unpaired) electrons. The minimum Gasteiger partial charge on any atom is -0.351 e. The zero-order chi connectivity index (χ0) is 29.7. The maximum absolute atomic E-state index is 13.7. The second-order valence-corrected chi connectivity index (χ2v) is 11.5. The Bertz CT molecular complexity index is 1420. The molecule has 2 amide bonds. The molecule has 0 fully saturated rings. The summed E-state index contributed by atoms with van der Waals surface area (Å²) in [4.78, 5) is 45.9. The summed E-state index contributed by atoms with van der Waals surface area (Å²) < 4.78 is 0. The lowest BCUT2D eigenvalue weighted by Crippen LogP contribution is -2.52. The summed E-state index contributed by atoms with van der Waals surface area (Å²) in [5.41, 5.74) is 3.04. The molecule has 7 nitrogen and oxygen atoms in total. The van der Waals surface area contributed by atoms with Gasteiger partial charge in [0, 0.05) is 18.5 Å². The maximum atomic E-state index is 13.7. The van der Waals surface area contributed by atoms with Crippen LogP contribution in [0.2, 0.25) is 0 Å². The molecule has 0 spiro atoms. The van der Waals surface area contributed by atoms with Crippen LogP contribution in [-0.4, -0.2) is 40.2 Å². The van der Waals surface area contributed by atoms with E-state index in [0.29, 0.717) is 25.0 Å². The first-order valence-electron chi connectivity index (χ1n) is 15.0. The van der Waals surface area contributed by atoms with E-state index in [4.69, 9.17) is 0 Å². The first-order chi connectivity index (χ1) is 20.4. The number of hydrogen-bond donors (Lipinski definition) is 3. The fourth-order valence-corrected chi connectivity index (χ4v) is 5.39. The van der Waals surface area contributed by atoms with Gasteiger partial charge in [-0.25, -0.2) is 4.98 Å². The van der Waals surface area contributed by atoms with E-state index in [0.717, 1.165) is 31.1 Å². The molecule has 0 saturated heterocycles. The van der Waals surface area contributed by atoms with Gasteiger partial charge >= 0.3 is 0 Å². The van der Waals surface area contributed by atoms with Gasteiger partial charge in [0.05, 0.1) is 18.1 Å². The predicted octanol–water partition coefficient (Wildman–Crippen LogP) is 5.59. The lowest BCUT2D eigenvalue weighted by atomic mass is 9.91. The Morgan fingerprint density at radius 3 is 2.33 bits per heavy atom. The van der Waals surface area contributed by atoms with Crippen molar-refractivity contribution in [2.24, 2.45) is 11.8 Å². The van der Waals surface area contributed by atoms with Crippen LogP contribution in [0.3, 0.4) is 0 Å². The quantitative estimate of drug-likeness (QED) is 0.121. The number of H-pyrrole nitrogens is 1. The minimum atomic E-state index is -0.841. The Morgan fingerprint density at radius 1 is 0.857 bits per heavy atom. The summed E-state index contributed by atoms with van der Waals surface area (Å²) in [6.45, 7) is 4.00. The number of imidazole rings is 1. The standard InChI is InChI=1S/C35H42N4O3/c1-25(2)18-32(23-40)38-35(42)33(21-31-22-36-24-37-31)39-34(41)30(20-26-10-4-3-5-11-26)15-7-6-12-27-16-17-28-13-8-9-14-29(28)19-27/h3-5,8-11,13-14,16-17,19,22-25,30,32-33H,6-7,12,15,18,20-21H2,1-2H3,(H,36,37)(H,38,42)(H,39,41)/t30?,32-,33-/m0/s1. The molecule has 4 rings (SSSR count). The summed E-state index contributed by atoms with van der Waals surface area (Å²) in [6.07, 6.45) is 8.87. The van der Waals surface area contributed by atoms with Crippen molar-refractivity contribution < 1.29 is 14.4 Å². The van der Waals surface area contributed by atoms with Gasteiger partial charge in [-0.15, -0.1) is 0 Å². The number of nitrogens with one attached hydrogen (secondary N) is 3. The van der Waals surface area contributed by atoms with Crippen LogP contribution in [0.4, 0.5) is 0 Å². The molecule has 0 aliphatic heterocycles. The lowest BCUT2D eigenvalue weighted by Gasteiger charge is -2.24. The fraction of sp³-hybridized carbons (Fsp3) is 0.371. The van der Waals surface area contributed by atoms with Gasteiger partial charge in [0.2, 0.25) is 11.8 Å². The van der Waals surface area contributed by atoms with E-state index in [1.54, 1.807) is 12.5 Å². The summed E-state index contributed by atoms with van der Waals surface area (Å²) in [5.74, 6) is -0.591. The van der Waals surface area contributed by atoms with Gasteiger partial charge in [0.25, 0.3) is 0 Å². The van der Waals surface area contributed by atoms with Crippen molar-refractivity contribution >= 4 is 28.9 Å². The first-order valence-corrected chi connectivity index (χ1v) is 15.0. The van der Waals surface area contributed by atoms with Crippen LogP contribution in [-0.2, 0) is 33.6 Å². The van der Waals surface area contributed by atoms with Crippen molar-refractivity contribution in [3.8, 4) is 0 Å². The number of benzene rings is 3. The van der Waals surface area contributed by atoms with Crippen LogP contribution < -0.4 is 10.6 Å². The highest BCUT2D eigenvalue weighted by atomic mass is 16.2. The van der Waals surface area contributed by atoms with Gasteiger partial charge in [-0.2, -0.15) is 0 Å². The Morgan fingerprint density at radius 2 is 1.62 bits per heavy atom. The summed E-state index contributed by atoms with van der Waals surface area (Å²) >= 11 is 0. The molecule has 3 N–H and O–H groups in total. The number of nitrogens with zero attached hydrogens (tertiary/aromatic N) is 1. The van der Waals surface area contributed by atoms with E-state index < -0.39 is 12.1 Å². The van der Waals surface area contributed by atoms with Gasteiger partial charge in [-0.1, -0.05) is 93.1 Å². The molecule has 42 heavy (non-hydrogen) atoms. The van der Waals surface area contributed by atoms with E-state index in [1.807, 2.05) is 44.2 Å². The second-order valence-electron chi connectivity index (χ2n) is 11.5. The first kappa shape index (κ1) is 30.7. The van der Waals surface area contributed by atoms with Crippen LogP contribution >= 0.6 is 0 Å². The molecule has 0 saturated carbocycles. The zero-order valence-electron chi connectivity index (χ0n) is 24.6. The average Bonchev–Trinajstić information content (AvgIpc) is 3.51. The Labute approximate surface area is 248 Å². The number of aryl methyl sites for hydroxylation is 1. The number of aromatic amines is 1. The van der Waals surface area contributed by atoms with Gasteiger partial charge in [0.1, 0.15) is 12.3 Å². The number of carbonyl (C=O) groups is 3. The number of fused-ring (bicyclic) bond motifs is 1. The van der Waals surface area contributed by atoms with Crippen molar-refractivity contribution in [1.29, 1.82) is 0 Å². The Hall–Kier alpha value is -4.26. The molecule has 1 unspecified atom stereocenters. The summed E-state index contributed by atoms with van der Waals surface area (Å²) in [6, 6.07) is 23.5. The SMILES string of the molecule is CC(C)C[C@@H](C=O)NC(=O)[C@H](Cc1c[nH]cn1)NC(=O)C(CCCCc1ccc2ccccc2c1)Cc1ccccc1. The lowest BCUT2D eigenvalue weighted by molar-refractivity contribution is -0.132. The van der Waals surface area contributed by atoms with E-state index in [-0.39, 0.29) is 30.1 Å². The van der Waals surface area contributed by atoms with Gasteiger partial charge in [-0.05, 0) is 59.9 Å². The van der Waals surface area contributed by atoms with Crippen molar-refractivity contribution in [3.63, 3.8) is 0 Å². The van der Waals surface area contributed by atoms with Crippen LogP contribution in [0.25, 0.3) is 10.8 Å². The third-order valence-corrected chi connectivity index (χ3v) is 7.60. The van der Waals surface area contributed by atoms with Gasteiger partial charge < -0.3 is 20.4 Å². The Balaban J connectivity index is 1.43. The molecule has 1 heterocycles. The Kier molecular flexibility index (Phi) is 11.4. The van der Waals surface area contributed by atoms with Crippen molar-refractivity contribution in [2.75, 3.05) is 0 Å². The van der Waals surface area contributed by atoms with Gasteiger partial charge in [-0.3, -0.25) is 9.59 Å². The molecule has 0 bridgehead atoms. The number of rotatable bonds is 16. The highest BCUT2D eigenvalue weighted by Gasteiger charge is 2.28. The van der Waals surface area contributed by atoms with Crippen LogP contribution in [0.1, 0.15) is 56.4 Å². The van der Waals surface area contributed by atoms with Crippen molar-refractivity contribution in [1.82, 2.24) is 20.6 Å². The van der Waals surface area contributed by atoms with Gasteiger partial charge in [0.15, 0.2) is 0 Å². The highest BCUT2D eigenvalue weighted by molar-refractivity contribution is 5.90. The maximum Gasteiger partial charge on any atom is 0.243 e. The third kappa shape index (κ3) is 9.40. The van der Waals surface area contributed by atoms with Crippen LogP contribution in [0.5, 0.6) is 0 Å². The molecule has 1 aromatic heterocycles. The van der Waals surface area contributed by atoms with E-state index in [9.17, 15) is 14.4 Å². The number of aromatic nitrogens is 2. The number of unbranched alkanes of at least 4 members (excludes halogenated alkanes) is 1. The molecule has 220 valence electrons. The second kappa shape index (κ2) is 15.7. The minimum absolute atomic E-state index is 0.160. The number of amides is 2. The molecular weight excluding hydrogens is 524 g/mol. The molecular formula is C35H42N4O3. The van der Waals surface area contributed by atoms with E-state index in [2.05, 4.69) is 63.1 Å². The highest BCUT2D eigenvalue weighted by Crippen LogP contribution is 2.20. The summed E-state index contributed by atoms with van der Waals surface area (Å²) in [5, 5.41) is 8.32. The van der Waals surface area contributed by atoms with Crippen LogP contribution in [0, 0.1) is 11.8 Å². The van der Waals surface area contributed by atoms with Crippen molar-refractivity contribution in [3.05, 3.63) is 102 Å². The fourth-order valence-electron chi connectivity index (χ4n) is 5.39. The molecule has 7 heteroatoms. The third-order valence-electron chi connectivity index (χ3n) is 7.60. The monoisotopic (exact) mass is 566 g/mol. The zero-order valence-corrected chi connectivity index (χ0v) is 24.6. The predicted molar refractivity (Wildman–Crippen MR) is 167 cm³/mol. The number of aldehydes is 1. The smallest absolute Gasteiger partial charge is 0.243 e. The largest absolute Gasteiger partial charge is 0.351 e. The topological polar surface area (TPSA) is 104 Å². The summed E-state index contributed by atoms with van der Waals surface area (Å²) in [7, 11) is 0. The molecule has 0 aliphatic carbocycles. The molecule has 3 aromatic carbocycles. The normalized spacial score (nSPS) is 13.4. The number of hydrogen-bond acceptors (Lipinski definition) is 4. The van der Waals surface area contributed by atoms with E-state index in [1.165, 1.54) is 16.3 Å². The number of carbonyl (C=O) groups excluding carboxylic acids is 3. The average molecular weight is 567 g/mol.